The summed E-state index contributed by atoms with van der Waals surface area (Å²) in [6, 6.07) is 16.5. The zero-order valence-electron chi connectivity index (χ0n) is 10.9. The van der Waals surface area contributed by atoms with E-state index in [1.165, 1.54) is 11.1 Å². The fourth-order valence-corrected chi connectivity index (χ4v) is 2.34. The smallest absolute Gasteiger partial charge is 0.0406 e. The minimum Gasteiger partial charge on any atom is -0.316 e. The van der Waals surface area contributed by atoms with Crippen LogP contribution < -0.4 is 5.32 Å². The van der Waals surface area contributed by atoms with Gasteiger partial charge in [0.05, 0.1) is 0 Å². The Balaban J connectivity index is 2.00. The molecule has 100 valence electrons. The quantitative estimate of drug-likeness (QED) is 0.863. The van der Waals surface area contributed by atoms with E-state index in [1.807, 2.05) is 31.3 Å². The van der Waals surface area contributed by atoms with E-state index in [2.05, 4.69) is 29.6 Å². The number of halogens is 2. The molecule has 0 saturated carbocycles. The molecule has 1 nitrogen and oxygen atoms in total. The summed E-state index contributed by atoms with van der Waals surface area (Å²) in [5.74, 6) is 0. The largest absolute Gasteiger partial charge is 0.316 e. The van der Waals surface area contributed by atoms with Gasteiger partial charge < -0.3 is 5.32 Å². The minimum absolute atomic E-state index is 0.405. The van der Waals surface area contributed by atoms with Crippen LogP contribution in [0.3, 0.4) is 0 Å². The Labute approximate surface area is 124 Å². The molecular weight excluding hydrogens is 277 g/mol. The highest BCUT2D eigenvalue weighted by Crippen LogP contribution is 2.15. The van der Waals surface area contributed by atoms with Crippen LogP contribution in [0.1, 0.15) is 11.1 Å². The van der Waals surface area contributed by atoms with E-state index in [9.17, 15) is 0 Å². The third kappa shape index (κ3) is 4.54. The monoisotopic (exact) mass is 293 g/mol. The highest BCUT2D eigenvalue weighted by molar-refractivity contribution is 6.30. The molecule has 0 fully saturated rings. The molecule has 3 heteroatoms. The Hall–Kier alpha value is -1.02. The molecule has 0 aliphatic carbocycles. The molecule has 1 N–H and O–H groups in total. The molecule has 0 bridgehead atoms. The highest BCUT2D eigenvalue weighted by atomic mass is 35.5. The van der Waals surface area contributed by atoms with Crippen LogP contribution in [0.25, 0.3) is 0 Å². The van der Waals surface area contributed by atoms with Crippen molar-refractivity contribution in [3.8, 4) is 0 Å². The van der Waals surface area contributed by atoms with Crippen LogP contribution >= 0.6 is 23.2 Å². The summed E-state index contributed by atoms with van der Waals surface area (Å²) >= 11 is 11.8. The first-order chi connectivity index (χ1) is 9.17. The van der Waals surface area contributed by atoms with Gasteiger partial charge in [-0.2, -0.15) is 0 Å². The third-order valence-corrected chi connectivity index (χ3v) is 3.70. The summed E-state index contributed by atoms with van der Waals surface area (Å²) in [6.45, 7) is 0. The van der Waals surface area contributed by atoms with Crippen LogP contribution in [0.15, 0.2) is 48.5 Å². The van der Waals surface area contributed by atoms with E-state index in [0.29, 0.717) is 6.04 Å². The molecule has 19 heavy (non-hydrogen) atoms. The molecule has 0 radical (unpaired) electrons. The molecule has 0 aliphatic heterocycles. The summed E-state index contributed by atoms with van der Waals surface area (Å²) in [6.07, 6.45) is 1.96. The van der Waals surface area contributed by atoms with Crippen molar-refractivity contribution in [1.29, 1.82) is 0 Å². The van der Waals surface area contributed by atoms with Crippen molar-refractivity contribution in [3.63, 3.8) is 0 Å². The Morgan fingerprint density at radius 1 is 0.789 bits per heavy atom. The second-order valence-electron chi connectivity index (χ2n) is 4.65. The van der Waals surface area contributed by atoms with E-state index < -0.39 is 0 Å². The SMILES string of the molecule is CNC(Cc1ccc(Cl)cc1)Cc1ccc(Cl)cc1. The molecule has 2 rings (SSSR count). The van der Waals surface area contributed by atoms with Crippen molar-refractivity contribution >= 4 is 23.2 Å². The molecule has 0 amide bonds. The average molecular weight is 294 g/mol. The van der Waals surface area contributed by atoms with E-state index >= 15 is 0 Å². The Bertz CT molecular complexity index is 458. The van der Waals surface area contributed by atoms with E-state index in [1.54, 1.807) is 0 Å². The summed E-state index contributed by atoms with van der Waals surface area (Å²) < 4.78 is 0. The zero-order valence-corrected chi connectivity index (χ0v) is 12.4. The van der Waals surface area contributed by atoms with Crippen LogP contribution in [0.5, 0.6) is 0 Å². The Morgan fingerprint density at radius 3 is 1.47 bits per heavy atom. The van der Waals surface area contributed by atoms with Gasteiger partial charge in [0, 0.05) is 16.1 Å². The Kier molecular flexibility index (Phi) is 5.26. The predicted octanol–water partition coefficient (Wildman–Crippen LogP) is 4.37. The lowest BCUT2D eigenvalue weighted by Gasteiger charge is -2.16. The van der Waals surface area contributed by atoms with Gasteiger partial charge in [-0.1, -0.05) is 47.5 Å². The van der Waals surface area contributed by atoms with Gasteiger partial charge in [-0.3, -0.25) is 0 Å². The lowest BCUT2D eigenvalue weighted by atomic mass is 9.99. The first-order valence-corrected chi connectivity index (χ1v) is 7.09. The van der Waals surface area contributed by atoms with Crippen molar-refractivity contribution < 1.29 is 0 Å². The second-order valence-corrected chi connectivity index (χ2v) is 5.52. The van der Waals surface area contributed by atoms with Crippen molar-refractivity contribution in [2.75, 3.05) is 7.05 Å². The standard InChI is InChI=1S/C16H17Cl2N/c1-19-16(10-12-2-6-14(17)7-3-12)11-13-4-8-15(18)9-5-13/h2-9,16,19H,10-11H2,1H3. The molecule has 0 aromatic heterocycles. The molecule has 2 aromatic rings. The molecule has 0 unspecified atom stereocenters. The van der Waals surface area contributed by atoms with Gasteiger partial charge in [-0.25, -0.2) is 0 Å². The summed E-state index contributed by atoms with van der Waals surface area (Å²) in [7, 11) is 2.00. The van der Waals surface area contributed by atoms with Crippen molar-refractivity contribution in [1.82, 2.24) is 5.32 Å². The second kappa shape index (κ2) is 6.95. The van der Waals surface area contributed by atoms with Crippen LogP contribution in [0, 0.1) is 0 Å². The fraction of sp³-hybridized carbons (Fsp3) is 0.250. The van der Waals surface area contributed by atoms with Crippen molar-refractivity contribution in [2.45, 2.75) is 18.9 Å². The summed E-state index contributed by atoms with van der Waals surface area (Å²) in [5.41, 5.74) is 2.58. The van der Waals surface area contributed by atoms with Gasteiger partial charge in [0.2, 0.25) is 0 Å². The first kappa shape index (κ1) is 14.4. The number of rotatable bonds is 5. The number of hydrogen-bond acceptors (Lipinski definition) is 1. The number of likely N-dealkylation sites (N-methyl/N-ethyl adjacent to an activating group) is 1. The molecule has 0 heterocycles. The summed E-state index contributed by atoms with van der Waals surface area (Å²) in [4.78, 5) is 0. The maximum atomic E-state index is 5.90. The third-order valence-electron chi connectivity index (χ3n) is 3.20. The maximum Gasteiger partial charge on any atom is 0.0406 e. The highest BCUT2D eigenvalue weighted by Gasteiger charge is 2.08. The van der Waals surface area contributed by atoms with Gasteiger partial charge in [-0.15, -0.1) is 0 Å². The van der Waals surface area contributed by atoms with Crippen LogP contribution in [-0.4, -0.2) is 13.1 Å². The van der Waals surface area contributed by atoms with Crippen LogP contribution in [0.2, 0.25) is 10.0 Å². The van der Waals surface area contributed by atoms with E-state index in [4.69, 9.17) is 23.2 Å². The lowest BCUT2D eigenvalue weighted by Crippen LogP contribution is -2.29. The number of nitrogens with one attached hydrogen (secondary N) is 1. The van der Waals surface area contributed by atoms with E-state index in [0.717, 1.165) is 22.9 Å². The number of benzene rings is 2. The van der Waals surface area contributed by atoms with Crippen LogP contribution in [-0.2, 0) is 12.8 Å². The molecule has 2 aromatic carbocycles. The molecule has 0 spiro atoms. The van der Waals surface area contributed by atoms with Gasteiger partial charge in [-0.05, 0) is 55.3 Å². The molecule has 0 atom stereocenters. The first-order valence-electron chi connectivity index (χ1n) is 6.33. The summed E-state index contributed by atoms with van der Waals surface area (Å²) in [5, 5.41) is 4.92. The molecule has 0 saturated heterocycles. The Morgan fingerprint density at radius 2 is 1.16 bits per heavy atom. The normalized spacial score (nSPS) is 10.9. The predicted molar refractivity (Wildman–Crippen MR) is 83.2 cm³/mol. The van der Waals surface area contributed by atoms with Gasteiger partial charge >= 0.3 is 0 Å². The van der Waals surface area contributed by atoms with Crippen molar-refractivity contribution in [3.05, 3.63) is 69.7 Å². The molecule has 0 aliphatic rings. The van der Waals surface area contributed by atoms with Gasteiger partial charge in [0.1, 0.15) is 0 Å². The molecular formula is C16H17Cl2N. The van der Waals surface area contributed by atoms with Crippen molar-refractivity contribution in [2.24, 2.45) is 0 Å². The van der Waals surface area contributed by atoms with E-state index in [-0.39, 0.29) is 0 Å². The average Bonchev–Trinajstić information content (AvgIpc) is 2.43. The fourth-order valence-electron chi connectivity index (χ4n) is 2.09. The minimum atomic E-state index is 0.405. The lowest BCUT2D eigenvalue weighted by molar-refractivity contribution is 0.556. The zero-order chi connectivity index (χ0) is 13.7. The topological polar surface area (TPSA) is 12.0 Å². The number of hydrogen-bond donors (Lipinski definition) is 1. The maximum absolute atomic E-state index is 5.90. The van der Waals surface area contributed by atoms with Gasteiger partial charge in [0.15, 0.2) is 0 Å². The van der Waals surface area contributed by atoms with Gasteiger partial charge in [0.25, 0.3) is 0 Å². The van der Waals surface area contributed by atoms with Crippen LogP contribution in [0.4, 0.5) is 0 Å².